The average molecular weight is 346 g/mol. The molecule has 1 amide bonds. The van der Waals surface area contributed by atoms with Gasteiger partial charge in [-0.1, -0.05) is 11.8 Å². The predicted octanol–water partition coefficient (Wildman–Crippen LogP) is 1.04. The Hall–Kier alpha value is -2.55. The van der Waals surface area contributed by atoms with Gasteiger partial charge in [0.15, 0.2) is 5.16 Å². The van der Waals surface area contributed by atoms with Crippen LogP contribution in [0.4, 0.5) is 5.69 Å². The van der Waals surface area contributed by atoms with Crippen LogP contribution in [0.3, 0.4) is 0 Å². The van der Waals surface area contributed by atoms with Crippen molar-refractivity contribution in [1.29, 1.82) is 0 Å². The Kier molecular flexibility index (Phi) is 4.18. The minimum Gasteiger partial charge on any atom is -0.325 e. The molecule has 126 valence electrons. The number of hydrogen-bond acceptors (Lipinski definition) is 5. The van der Waals surface area contributed by atoms with E-state index in [1.165, 1.54) is 11.8 Å². The topological polar surface area (TPSA) is 86.7 Å². The summed E-state index contributed by atoms with van der Waals surface area (Å²) in [6, 6.07) is 5.41. The number of nitrogens with zero attached hydrogens (tertiary/aromatic N) is 5. The lowest BCUT2D eigenvalue weighted by Crippen LogP contribution is -2.19. The number of imidazole rings is 1. The van der Waals surface area contributed by atoms with Crippen molar-refractivity contribution in [2.45, 2.75) is 12.1 Å². The summed E-state index contributed by atoms with van der Waals surface area (Å²) >= 11 is 1.33. The standard InChI is InChI=1S/C15H18N6O2S/c1-9-17-18-14(19(9)2)24-8-13(22)16-10-5-6-11-12(7-10)21(4)15(23)20(11)3/h5-7H,8H2,1-4H3,(H,16,22). The van der Waals surface area contributed by atoms with Crippen LogP contribution in [0.25, 0.3) is 11.0 Å². The molecule has 3 aromatic rings. The molecule has 1 aromatic carbocycles. The van der Waals surface area contributed by atoms with Gasteiger partial charge < -0.3 is 9.88 Å². The van der Waals surface area contributed by atoms with Crippen LogP contribution < -0.4 is 11.0 Å². The third-order valence-electron chi connectivity index (χ3n) is 3.94. The molecule has 8 nitrogen and oxygen atoms in total. The molecule has 0 atom stereocenters. The smallest absolute Gasteiger partial charge is 0.325 e. The van der Waals surface area contributed by atoms with Crippen LogP contribution in [0.5, 0.6) is 0 Å². The molecule has 1 N–H and O–H groups in total. The molecule has 3 rings (SSSR count). The highest BCUT2D eigenvalue weighted by Crippen LogP contribution is 2.19. The fourth-order valence-electron chi connectivity index (χ4n) is 2.43. The number of aryl methyl sites for hydroxylation is 3. The van der Waals surface area contributed by atoms with Gasteiger partial charge >= 0.3 is 5.69 Å². The van der Waals surface area contributed by atoms with Gasteiger partial charge in [0.25, 0.3) is 0 Å². The third-order valence-corrected chi connectivity index (χ3v) is 4.96. The van der Waals surface area contributed by atoms with Crippen molar-refractivity contribution >= 4 is 34.4 Å². The average Bonchev–Trinajstić information content (AvgIpc) is 2.99. The van der Waals surface area contributed by atoms with E-state index in [2.05, 4.69) is 15.5 Å². The highest BCUT2D eigenvalue weighted by Gasteiger charge is 2.11. The maximum absolute atomic E-state index is 12.1. The van der Waals surface area contributed by atoms with Crippen molar-refractivity contribution in [3.05, 3.63) is 34.5 Å². The van der Waals surface area contributed by atoms with Crippen LogP contribution in [0, 0.1) is 6.92 Å². The van der Waals surface area contributed by atoms with Crippen LogP contribution in [0.1, 0.15) is 5.82 Å². The molecular weight excluding hydrogens is 328 g/mol. The first-order valence-corrected chi connectivity index (χ1v) is 8.31. The van der Waals surface area contributed by atoms with E-state index in [4.69, 9.17) is 0 Å². The first-order valence-electron chi connectivity index (χ1n) is 7.32. The van der Waals surface area contributed by atoms with Crippen LogP contribution in [-0.4, -0.2) is 35.6 Å². The molecule has 2 aromatic heterocycles. The lowest BCUT2D eigenvalue weighted by atomic mass is 10.2. The Morgan fingerprint density at radius 1 is 1.12 bits per heavy atom. The monoisotopic (exact) mass is 346 g/mol. The van der Waals surface area contributed by atoms with Crippen LogP contribution >= 0.6 is 11.8 Å². The van der Waals surface area contributed by atoms with Crippen molar-refractivity contribution in [2.75, 3.05) is 11.1 Å². The van der Waals surface area contributed by atoms with E-state index in [9.17, 15) is 9.59 Å². The predicted molar refractivity (Wildman–Crippen MR) is 93.3 cm³/mol. The van der Waals surface area contributed by atoms with Crippen molar-refractivity contribution in [2.24, 2.45) is 21.1 Å². The summed E-state index contributed by atoms with van der Waals surface area (Å²) < 4.78 is 4.97. The number of amides is 1. The Morgan fingerprint density at radius 3 is 2.50 bits per heavy atom. The number of aromatic nitrogens is 5. The van der Waals surface area contributed by atoms with E-state index in [0.717, 1.165) is 16.9 Å². The SMILES string of the molecule is Cc1nnc(SCC(=O)Nc2ccc3c(c2)n(C)c(=O)n3C)n1C. The van der Waals surface area contributed by atoms with Crippen molar-refractivity contribution in [3.63, 3.8) is 0 Å². The molecule has 0 saturated heterocycles. The van der Waals surface area contributed by atoms with Gasteiger partial charge in [-0.15, -0.1) is 10.2 Å². The summed E-state index contributed by atoms with van der Waals surface area (Å²) in [5.74, 6) is 0.895. The number of hydrogen-bond donors (Lipinski definition) is 1. The highest BCUT2D eigenvalue weighted by molar-refractivity contribution is 7.99. The Labute approximate surface area is 142 Å². The number of carbonyl (C=O) groups is 1. The molecule has 0 spiro atoms. The number of fused-ring (bicyclic) bond motifs is 1. The number of thioether (sulfide) groups is 1. The maximum Gasteiger partial charge on any atom is 0.328 e. The van der Waals surface area contributed by atoms with E-state index < -0.39 is 0 Å². The Bertz CT molecular complexity index is 984. The second kappa shape index (κ2) is 6.16. The summed E-state index contributed by atoms with van der Waals surface area (Å²) in [6.07, 6.45) is 0. The summed E-state index contributed by atoms with van der Waals surface area (Å²) in [6.45, 7) is 1.86. The minimum atomic E-state index is -0.138. The minimum absolute atomic E-state index is 0.0957. The van der Waals surface area contributed by atoms with Gasteiger partial charge in [0.2, 0.25) is 5.91 Å². The molecule has 0 unspecified atom stereocenters. The van der Waals surface area contributed by atoms with Crippen molar-refractivity contribution < 1.29 is 4.79 Å². The fourth-order valence-corrected chi connectivity index (χ4v) is 3.18. The van der Waals surface area contributed by atoms with Crippen LogP contribution in [-0.2, 0) is 25.9 Å². The van der Waals surface area contributed by atoms with Gasteiger partial charge in [0.1, 0.15) is 5.82 Å². The van der Waals surface area contributed by atoms with Gasteiger partial charge in [-0.05, 0) is 25.1 Å². The first kappa shape index (κ1) is 16.3. The molecule has 0 saturated carbocycles. The van der Waals surface area contributed by atoms with Gasteiger partial charge in [-0.2, -0.15) is 0 Å². The van der Waals surface area contributed by atoms with E-state index in [1.54, 1.807) is 35.4 Å². The van der Waals surface area contributed by atoms with E-state index in [1.807, 2.05) is 24.6 Å². The van der Waals surface area contributed by atoms with Gasteiger partial charge in [0.05, 0.1) is 16.8 Å². The molecule has 0 fully saturated rings. The Balaban J connectivity index is 1.72. The summed E-state index contributed by atoms with van der Waals surface area (Å²) in [5, 5.41) is 11.5. The third kappa shape index (κ3) is 2.82. The van der Waals surface area contributed by atoms with Crippen LogP contribution in [0.15, 0.2) is 28.2 Å². The van der Waals surface area contributed by atoms with Gasteiger partial charge in [-0.3, -0.25) is 13.9 Å². The fraction of sp³-hybridized carbons (Fsp3) is 0.333. The number of rotatable bonds is 4. The zero-order chi connectivity index (χ0) is 17.4. The summed E-state index contributed by atoms with van der Waals surface area (Å²) in [7, 11) is 5.30. The molecule has 24 heavy (non-hydrogen) atoms. The largest absolute Gasteiger partial charge is 0.328 e. The molecule has 0 bridgehead atoms. The van der Waals surface area contributed by atoms with E-state index >= 15 is 0 Å². The molecular formula is C15H18N6O2S. The lowest BCUT2D eigenvalue weighted by Gasteiger charge is -2.06. The van der Waals surface area contributed by atoms with Crippen molar-refractivity contribution in [1.82, 2.24) is 23.9 Å². The zero-order valence-corrected chi connectivity index (χ0v) is 14.7. The second-order valence-electron chi connectivity index (χ2n) is 5.53. The van der Waals surface area contributed by atoms with Gasteiger partial charge in [-0.25, -0.2) is 4.79 Å². The summed E-state index contributed by atoms with van der Waals surface area (Å²) in [5.41, 5.74) is 2.16. The highest BCUT2D eigenvalue weighted by atomic mass is 32.2. The quantitative estimate of drug-likeness (QED) is 0.714. The van der Waals surface area contributed by atoms with Gasteiger partial charge in [0, 0.05) is 26.8 Å². The van der Waals surface area contributed by atoms with Crippen LogP contribution in [0.2, 0.25) is 0 Å². The van der Waals surface area contributed by atoms with E-state index in [0.29, 0.717) is 10.8 Å². The molecule has 2 heterocycles. The molecule has 0 aliphatic carbocycles. The maximum atomic E-state index is 12.1. The number of carbonyl (C=O) groups excluding carboxylic acids is 1. The number of nitrogens with one attached hydrogen (secondary N) is 1. The molecule has 0 radical (unpaired) electrons. The molecule has 9 heteroatoms. The second-order valence-corrected chi connectivity index (χ2v) is 6.47. The Morgan fingerprint density at radius 2 is 1.83 bits per heavy atom. The molecule has 0 aliphatic rings. The lowest BCUT2D eigenvalue weighted by molar-refractivity contribution is -0.113. The number of benzene rings is 1. The molecule has 0 aliphatic heterocycles. The normalized spacial score (nSPS) is 11.2. The number of anilines is 1. The first-order chi connectivity index (χ1) is 11.4. The van der Waals surface area contributed by atoms with Crippen molar-refractivity contribution in [3.8, 4) is 0 Å². The van der Waals surface area contributed by atoms with E-state index in [-0.39, 0.29) is 17.3 Å². The zero-order valence-electron chi connectivity index (χ0n) is 13.9. The summed E-state index contributed by atoms with van der Waals surface area (Å²) in [4.78, 5) is 24.1.